The second kappa shape index (κ2) is 7.56. The molecule has 5 nitrogen and oxygen atoms in total. The van der Waals surface area contributed by atoms with Crippen molar-refractivity contribution < 1.29 is 18.3 Å². The monoisotopic (exact) mass is 313 g/mol. The van der Waals surface area contributed by atoms with E-state index >= 15 is 0 Å². The van der Waals surface area contributed by atoms with Gasteiger partial charge in [0.05, 0.1) is 4.90 Å². The van der Waals surface area contributed by atoms with Gasteiger partial charge in [0.1, 0.15) is 0 Å². The minimum Gasteiger partial charge on any atom is -0.481 e. The maximum atomic E-state index is 12.6. The lowest BCUT2D eigenvalue weighted by Gasteiger charge is -2.25. The number of aliphatic carboxylic acids is 1. The average Bonchev–Trinajstić information content (AvgIpc) is 2.42. The Morgan fingerprint density at radius 1 is 1.24 bits per heavy atom. The first-order chi connectivity index (χ1) is 9.78. The van der Waals surface area contributed by atoms with Gasteiger partial charge in [0, 0.05) is 19.0 Å². The number of nitrogens with zero attached hydrogens (tertiary/aromatic N) is 1. The van der Waals surface area contributed by atoms with E-state index in [9.17, 15) is 13.2 Å². The zero-order chi connectivity index (χ0) is 16.0. The zero-order valence-corrected chi connectivity index (χ0v) is 13.6. The van der Waals surface area contributed by atoms with E-state index in [4.69, 9.17) is 5.11 Å². The molecule has 0 atom stereocenters. The maximum absolute atomic E-state index is 12.6. The number of carboxylic acid groups (broad SMARTS) is 1. The third-order valence-corrected chi connectivity index (χ3v) is 5.27. The van der Waals surface area contributed by atoms with E-state index in [1.165, 1.54) is 4.31 Å². The Hall–Kier alpha value is -1.40. The first-order valence-corrected chi connectivity index (χ1v) is 8.55. The fourth-order valence-electron chi connectivity index (χ4n) is 2.09. The standard InChI is InChI=1S/C15H23NO4S/c1-4-11-16(12(2)3)21(19,20)14-8-5-13(6-9-14)7-10-15(17)18/h5-6,8-9,12H,4,7,10-11H2,1-3H3,(H,17,18). The quantitative estimate of drug-likeness (QED) is 0.800. The summed E-state index contributed by atoms with van der Waals surface area (Å²) in [6.07, 6.45) is 1.20. The van der Waals surface area contributed by atoms with Crippen molar-refractivity contribution in [2.75, 3.05) is 6.54 Å². The summed E-state index contributed by atoms with van der Waals surface area (Å²) in [4.78, 5) is 10.8. The normalized spacial score (nSPS) is 12.0. The Labute approximate surface area is 126 Å². The van der Waals surface area contributed by atoms with Crippen LogP contribution in [0.1, 0.15) is 39.2 Å². The second-order valence-corrected chi connectivity index (χ2v) is 7.14. The van der Waals surface area contributed by atoms with E-state index in [2.05, 4.69) is 0 Å². The molecular weight excluding hydrogens is 290 g/mol. The molecule has 0 saturated heterocycles. The Morgan fingerprint density at radius 2 is 1.81 bits per heavy atom. The third kappa shape index (κ3) is 4.82. The summed E-state index contributed by atoms with van der Waals surface area (Å²) in [6, 6.07) is 6.37. The van der Waals surface area contributed by atoms with Gasteiger partial charge >= 0.3 is 5.97 Å². The van der Waals surface area contributed by atoms with Gasteiger partial charge in [0.2, 0.25) is 10.0 Å². The lowest BCUT2D eigenvalue weighted by Crippen LogP contribution is -2.37. The van der Waals surface area contributed by atoms with Crippen molar-refractivity contribution in [1.29, 1.82) is 0 Å². The molecule has 1 rings (SSSR count). The summed E-state index contributed by atoms with van der Waals surface area (Å²) in [5, 5.41) is 8.65. The second-order valence-electron chi connectivity index (χ2n) is 5.25. The average molecular weight is 313 g/mol. The molecule has 0 heterocycles. The molecule has 0 aromatic heterocycles. The SMILES string of the molecule is CCCN(C(C)C)S(=O)(=O)c1ccc(CCC(=O)O)cc1. The summed E-state index contributed by atoms with van der Waals surface area (Å²) < 4.78 is 26.6. The van der Waals surface area contributed by atoms with E-state index in [1.807, 2.05) is 20.8 Å². The molecule has 0 aliphatic heterocycles. The van der Waals surface area contributed by atoms with Crippen LogP contribution < -0.4 is 0 Å². The van der Waals surface area contributed by atoms with Gasteiger partial charge in [-0.25, -0.2) is 8.42 Å². The lowest BCUT2D eigenvalue weighted by molar-refractivity contribution is -0.136. The highest BCUT2D eigenvalue weighted by atomic mass is 32.2. The van der Waals surface area contributed by atoms with Crippen LogP contribution in [0.2, 0.25) is 0 Å². The summed E-state index contributed by atoms with van der Waals surface area (Å²) >= 11 is 0. The van der Waals surface area contributed by atoms with Gasteiger partial charge in [-0.2, -0.15) is 4.31 Å². The van der Waals surface area contributed by atoms with Crippen LogP contribution >= 0.6 is 0 Å². The summed E-state index contributed by atoms with van der Waals surface area (Å²) in [7, 11) is -3.49. The first-order valence-electron chi connectivity index (χ1n) is 7.11. The molecule has 118 valence electrons. The fourth-order valence-corrected chi connectivity index (χ4v) is 3.82. The Morgan fingerprint density at radius 3 is 2.24 bits per heavy atom. The molecule has 1 N–H and O–H groups in total. The van der Waals surface area contributed by atoms with Crippen LogP contribution in [0, 0.1) is 0 Å². The molecule has 1 aromatic carbocycles. The van der Waals surface area contributed by atoms with Crippen LogP contribution in [0.15, 0.2) is 29.2 Å². The number of benzene rings is 1. The van der Waals surface area contributed by atoms with E-state index in [1.54, 1.807) is 24.3 Å². The van der Waals surface area contributed by atoms with Gasteiger partial charge in [-0.1, -0.05) is 19.1 Å². The van der Waals surface area contributed by atoms with Crippen LogP contribution in [0.5, 0.6) is 0 Å². The van der Waals surface area contributed by atoms with Gasteiger partial charge in [0.25, 0.3) is 0 Å². The molecule has 0 saturated carbocycles. The van der Waals surface area contributed by atoms with Crippen molar-refractivity contribution in [1.82, 2.24) is 4.31 Å². The van der Waals surface area contributed by atoms with E-state index in [0.29, 0.717) is 13.0 Å². The number of carboxylic acids is 1. The third-order valence-electron chi connectivity index (χ3n) is 3.18. The molecule has 6 heteroatoms. The smallest absolute Gasteiger partial charge is 0.303 e. The molecule has 0 spiro atoms. The highest BCUT2D eigenvalue weighted by molar-refractivity contribution is 7.89. The van der Waals surface area contributed by atoms with Gasteiger partial charge in [0.15, 0.2) is 0 Å². The number of rotatable bonds is 8. The summed E-state index contributed by atoms with van der Waals surface area (Å²) in [5.41, 5.74) is 0.822. The van der Waals surface area contributed by atoms with E-state index in [0.717, 1.165) is 12.0 Å². The maximum Gasteiger partial charge on any atom is 0.303 e. The summed E-state index contributed by atoms with van der Waals surface area (Å²) in [5.74, 6) is -0.861. The van der Waals surface area contributed by atoms with Gasteiger partial charge in [-0.3, -0.25) is 4.79 Å². The number of aryl methyl sites for hydroxylation is 1. The minimum absolute atomic E-state index is 0.0417. The number of hydrogen-bond donors (Lipinski definition) is 1. The zero-order valence-electron chi connectivity index (χ0n) is 12.7. The topological polar surface area (TPSA) is 74.7 Å². The first kappa shape index (κ1) is 17.7. The molecule has 21 heavy (non-hydrogen) atoms. The highest BCUT2D eigenvalue weighted by Gasteiger charge is 2.25. The predicted molar refractivity (Wildman–Crippen MR) is 81.7 cm³/mol. The van der Waals surface area contributed by atoms with Crippen LogP contribution in [-0.2, 0) is 21.2 Å². The molecule has 0 amide bonds. The minimum atomic E-state index is -3.49. The van der Waals surface area contributed by atoms with Crippen molar-refractivity contribution in [2.45, 2.75) is 51.0 Å². The Balaban J connectivity index is 2.95. The van der Waals surface area contributed by atoms with Crippen LogP contribution in [0.25, 0.3) is 0 Å². The van der Waals surface area contributed by atoms with Crippen molar-refractivity contribution in [3.05, 3.63) is 29.8 Å². The van der Waals surface area contributed by atoms with Crippen LogP contribution in [-0.4, -0.2) is 36.4 Å². The Bertz CT molecular complexity index is 564. The molecule has 0 fully saturated rings. The van der Waals surface area contributed by atoms with Gasteiger partial charge < -0.3 is 5.11 Å². The van der Waals surface area contributed by atoms with Crippen molar-refractivity contribution in [3.8, 4) is 0 Å². The molecule has 0 unspecified atom stereocenters. The molecular formula is C15H23NO4S. The largest absolute Gasteiger partial charge is 0.481 e. The lowest BCUT2D eigenvalue weighted by atomic mass is 10.1. The van der Waals surface area contributed by atoms with Crippen LogP contribution in [0.3, 0.4) is 0 Å². The fraction of sp³-hybridized carbons (Fsp3) is 0.533. The highest BCUT2D eigenvalue weighted by Crippen LogP contribution is 2.19. The summed E-state index contributed by atoms with van der Waals surface area (Å²) in [6.45, 7) is 6.14. The molecule has 0 radical (unpaired) electrons. The number of sulfonamides is 1. The Kier molecular flexibility index (Phi) is 6.36. The van der Waals surface area contributed by atoms with E-state index < -0.39 is 16.0 Å². The molecule has 0 aliphatic rings. The van der Waals surface area contributed by atoms with E-state index in [-0.39, 0.29) is 17.4 Å². The number of carbonyl (C=O) groups is 1. The number of hydrogen-bond acceptors (Lipinski definition) is 3. The molecule has 0 bridgehead atoms. The molecule has 1 aromatic rings. The van der Waals surface area contributed by atoms with Gasteiger partial charge in [-0.15, -0.1) is 0 Å². The van der Waals surface area contributed by atoms with Crippen molar-refractivity contribution in [2.24, 2.45) is 0 Å². The van der Waals surface area contributed by atoms with Gasteiger partial charge in [-0.05, 0) is 44.4 Å². The van der Waals surface area contributed by atoms with Crippen molar-refractivity contribution in [3.63, 3.8) is 0 Å². The van der Waals surface area contributed by atoms with Crippen LogP contribution in [0.4, 0.5) is 0 Å². The predicted octanol–water partition coefficient (Wildman–Crippen LogP) is 2.51. The van der Waals surface area contributed by atoms with Crippen molar-refractivity contribution >= 4 is 16.0 Å². The molecule has 0 aliphatic carbocycles.